The zero-order chi connectivity index (χ0) is 11.8. The Morgan fingerprint density at radius 2 is 2.35 bits per heavy atom. The number of fused-ring (bicyclic) bond motifs is 1. The van der Waals surface area contributed by atoms with Crippen LogP contribution in [-0.4, -0.2) is 18.0 Å². The average molecular weight is 246 g/mol. The van der Waals surface area contributed by atoms with Gasteiger partial charge in [-0.25, -0.2) is 0 Å². The highest BCUT2D eigenvalue weighted by Crippen LogP contribution is 2.37. The van der Waals surface area contributed by atoms with Crippen LogP contribution in [0.1, 0.15) is 11.3 Å². The minimum atomic E-state index is -0.0552. The van der Waals surface area contributed by atoms with Gasteiger partial charge >= 0.3 is 0 Å². The number of anilines is 1. The second-order valence-electron chi connectivity index (χ2n) is 3.67. The molecule has 0 bridgehead atoms. The predicted molar refractivity (Wildman–Crippen MR) is 68.2 cm³/mol. The Kier molecular flexibility index (Phi) is 2.26. The summed E-state index contributed by atoms with van der Waals surface area (Å²) in [5.41, 5.74) is 2.50. The molecule has 2 N–H and O–H groups in total. The van der Waals surface area contributed by atoms with E-state index in [2.05, 4.69) is 10.3 Å². The molecule has 2 aromatic rings. The molecule has 1 aliphatic heterocycles. The molecule has 0 aliphatic carbocycles. The first-order valence-electron chi connectivity index (χ1n) is 5.11. The molecular weight excluding hydrogens is 236 g/mol. The molecule has 0 saturated heterocycles. The minimum Gasteiger partial charge on any atom is -0.495 e. The first-order valence-corrected chi connectivity index (χ1v) is 5.99. The third-order valence-electron chi connectivity index (χ3n) is 2.64. The summed E-state index contributed by atoms with van der Waals surface area (Å²) in [7, 11) is 1.61. The first-order chi connectivity index (χ1) is 8.28. The number of ether oxygens (including phenoxy) is 1. The monoisotopic (exact) mass is 246 g/mol. The third-order valence-corrected chi connectivity index (χ3v) is 3.47. The van der Waals surface area contributed by atoms with Crippen molar-refractivity contribution in [3.8, 4) is 5.75 Å². The van der Waals surface area contributed by atoms with Crippen LogP contribution < -0.4 is 10.1 Å². The molecule has 17 heavy (non-hydrogen) atoms. The summed E-state index contributed by atoms with van der Waals surface area (Å²) in [6, 6.07) is 3.80. The topological polar surface area (TPSA) is 54.1 Å². The maximum Gasteiger partial charge on any atom is 0.257 e. The van der Waals surface area contributed by atoms with Crippen LogP contribution >= 0.6 is 11.3 Å². The number of amides is 1. The van der Waals surface area contributed by atoms with Gasteiger partial charge in [0.15, 0.2) is 0 Å². The van der Waals surface area contributed by atoms with E-state index in [0.29, 0.717) is 5.57 Å². The Morgan fingerprint density at radius 1 is 1.47 bits per heavy atom. The van der Waals surface area contributed by atoms with Gasteiger partial charge in [-0.1, -0.05) is 0 Å². The molecule has 0 radical (unpaired) electrons. The summed E-state index contributed by atoms with van der Waals surface area (Å²) in [5.74, 6) is 0.696. The highest BCUT2D eigenvalue weighted by atomic mass is 32.1. The van der Waals surface area contributed by atoms with Gasteiger partial charge in [0.25, 0.3) is 5.91 Å². The number of aromatic nitrogens is 1. The van der Waals surface area contributed by atoms with Gasteiger partial charge in [0.1, 0.15) is 10.8 Å². The van der Waals surface area contributed by atoms with Crippen molar-refractivity contribution in [2.45, 2.75) is 0 Å². The highest BCUT2D eigenvalue weighted by molar-refractivity contribution is 7.15. The van der Waals surface area contributed by atoms with Crippen LogP contribution in [0.5, 0.6) is 5.75 Å². The first kappa shape index (κ1) is 10.2. The quantitative estimate of drug-likeness (QED) is 0.800. The predicted octanol–water partition coefficient (Wildman–Crippen LogP) is 2.58. The number of H-pyrrole nitrogens is 1. The van der Waals surface area contributed by atoms with Crippen LogP contribution in [0.2, 0.25) is 0 Å². The van der Waals surface area contributed by atoms with Crippen LogP contribution in [0.15, 0.2) is 23.7 Å². The van der Waals surface area contributed by atoms with Crippen molar-refractivity contribution >= 4 is 33.9 Å². The summed E-state index contributed by atoms with van der Waals surface area (Å²) in [4.78, 5) is 14.8. The number of hydrogen-bond acceptors (Lipinski definition) is 3. The van der Waals surface area contributed by atoms with Crippen LogP contribution in [0, 0.1) is 0 Å². The Labute approximate surface area is 102 Å². The minimum absolute atomic E-state index is 0.0552. The van der Waals surface area contributed by atoms with E-state index >= 15 is 0 Å². The van der Waals surface area contributed by atoms with E-state index in [1.165, 1.54) is 11.3 Å². The summed E-state index contributed by atoms with van der Waals surface area (Å²) >= 11 is 1.53. The van der Waals surface area contributed by atoms with E-state index in [4.69, 9.17) is 4.74 Å². The zero-order valence-electron chi connectivity index (χ0n) is 9.11. The van der Waals surface area contributed by atoms with Crippen molar-refractivity contribution < 1.29 is 9.53 Å². The Hall–Kier alpha value is -2.01. The van der Waals surface area contributed by atoms with Crippen molar-refractivity contribution in [2.75, 3.05) is 12.4 Å². The van der Waals surface area contributed by atoms with Gasteiger partial charge in [-0.15, -0.1) is 11.3 Å². The lowest BCUT2D eigenvalue weighted by atomic mass is 10.1. The van der Waals surface area contributed by atoms with E-state index in [0.717, 1.165) is 22.0 Å². The maximum absolute atomic E-state index is 11.8. The number of aromatic amines is 1. The molecule has 0 aromatic carbocycles. The van der Waals surface area contributed by atoms with Gasteiger partial charge in [-0.05, 0) is 17.5 Å². The van der Waals surface area contributed by atoms with Gasteiger partial charge in [-0.3, -0.25) is 4.79 Å². The lowest BCUT2D eigenvalue weighted by Gasteiger charge is -1.93. The normalized spacial score (nSPS) is 16.1. The molecule has 0 fully saturated rings. The van der Waals surface area contributed by atoms with Gasteiger partial charge in [-0.2, -0.15) is 0 Å². The van der Waals surface area contributed by atoms with Crippen molar-refractivity contribution in [1.29, 1.82) is 0 Å². The summed E-state index contributed by atoms with van der Waals surface area (Å²) in [6.45, 7) is 0. The highest BCUT2D eigenvalue weighted by Gasteiger charge is 2.25. The SMILES string of the molecule is COc1c[nH]c(/C=C2\C(=O)Nc3sccc32)c1. The van der Waals surface area contributed by atoms with Crippen molar-refractivity contribution in [3.63, 3.8) is 0 Å². The number of thiophene rings is 1. The Bertz CT molecular complexity index is 610. The number of carbonyl (C=O) groups excluding carboxylic acids is 1. The molecule has 3 rings (SSSR count). The standard InChI is InChI=1S/C12H10N2O2S/c1-16-8-4-7(13-6-8)5-10-9-2-3-17-12(9)14-11(10)15/h2-6,13H,1H3,(H,14,15)/b10-5-. The number of carbonyl (C=O) groups is 1. The maximum atomic E-state index is 11.8. The molecule has 0 saturated carbocycles. The van der Waals surface area contributed by atoms with Crippen LogP contribution in [0.3, 0.4) is 0 Å². The molecule has 1 amide bonds. The molecule has 86 valence electrons. The van der Waals surface area contributed by atoms with E-state index in [1.807, 2.05) is 23.6 Å². The lowest BCUT2D eigenvalue weighted by Crippen LogP contribution is -2.03. The van der Waals surface area contributed by atoms with Gasteiger partial charge in [0, 0.05) is 23.5 Å². The average Bonchev–Trinajstić information content (AvgIpc) is 2.98. The van der Waals surface area contributed by atoms with Crippen molar-refractivity contribution in [3.05, 3.63) is 35.0 Å². The zero-order valence-corrected chi connectivity index (χ0v) is 9.93. The molecule has 2 aromatic heterocycles. The van der Waals surface area contributed by atoms with E-state index in [1.54, 1.807) is 13.3 Å². The van der Waals surface area contributed by atoms with E-state index in [9.17, 15) is 4.79 Å². The Balaban J connectivity index is 2.01. The number of nitrogens with one attached hydrogen (secondary N) is 2. The molecule has 3 heterocycles. The van der Waals surface area contributed by atoms with E-state index in [-0.39, 0.29) is 5.91 Å². The van der Waals surface area contributed by atoms with Gasteiger partial charge in [0.2, 0.25) is 0 Å². The number of rotatable bonds is 2. The van der Waals surface area contributed by atoms with Crippen LogP contribution in [-0.2, 0) is 4.79 Å². The van der Waals surface area contributed by atoms with Gasteiger partial charge in [0.05, 0.1) is 12.7 Å². The fraction of sp³-hybridized carbons (Fsp3) is 0.0833. The smallest absolute Gasteiger partial charge is 0.257 e. The third kappa shape index (κ3) is 1.64. The number of methoxy groups -OCH3 is 1. The summed E-state index contributed by atoms with van der Waals surface area (Å²) in [6.07, 6.45) is 3.59. The lowest BCUT2D eigenvalue weighted by molar-refractivity contribution is -0.110. The van der Waals surface area contributed by atoms with Crippen molar-refractivity contribution in [2.24, 2.45) is 0 Å². The molecule has 5 heteroatoms. The molecule has 0 spiro atoms. The summed E-state index contributed by atoms with van der Waals surface area (Å²) in [5, 5.41) is 5.72. The van der Waals surface area contributed by atoms with E-state index < -0.39 is 0 Å². The fourth-order valence-electron chi connectivity index (χ4n) is 1.80. The summed E-state index contributed by atoms with van der Waals surface area (Å²) < 4.78 is 5.08. The second kappa shape index (κ2) is 3.78. The molecule has 0 unspecified atom stereocenters. The molecule has 0 atom stereocenters. The molecular formula is C12H10N2O2S. The Morgan fingerprint density at radius 3 is 3.12 bits per heavy atom. The fourth-order valence-corrected chi connectivity index (χ4v) is 2.60. The van der Waals surface area contributed by atoms with Gasteiger partial charge < -0.3 is 15.0 Å². The van der Waals surface area contributed by atoms with Crippen LogP contribution in [0.25, 0.3) is 11.6 Å². The largest absolute Gasteiger partial charge is 0.495 e. The number of hydrogen-bond donors (Lipinski definition) is 2. The second-order valence-corrected chi connectivity index (χ2v) is 4.59. The molecule has 1 aliphatic rings. The van der Waals surface area contributed by atoms with Crippen molar-refractivity contribution in [1.82, 2.24) is 4.98 Å². The van der Waals surface area contributed by atoms with Crippen LogP contribution in [0.4, 0.5) is 5.00 Å². The molecule has 4 nitrogen and oxygen atoms in total.